The Bertz CT molecular complexity index is 1270. The second-order valence-corrected chi connectivity index (χ2v) is 7.58. The molecule has 1 amide bonds. The molecule has 164 valence electrons. The quantitative estimate of drug-likeness (QED) is 0.485. The van der Waals surface area contributed by atoms with Crippen LogP contribution < -0.4 is 5.06 Å². The number of fused-ring (bicyclic) bond motifs is 1. The molecule has 0 unspecified atom stereocenters. The number of carbonyl (C=O) groups excluding carboxylic acids is 1. The first-order valence-corrected chi connectivity index (χ1v) is 10.2. The van der Waals surface area contributed by atoms with Crippen LogP contribution in [0.15, 0.2) is 49.2 Å². The normalized spacial score (nSPS) is 17.0. The molecule has 4 heterocycles. The highest BCUT2D eigenvalue weighted by Crippen LogP contribution is 2.26. The van der Waals surface area contributed by atoms with E-state index >= 15 is 0 Å². The molecule has 1 atom stereocenters. The summed E-state index contributed by atoms with van der Waals surface area (Å²) in [5, 5.41) is 9.87. The van der Waals surface area contributed by atoms with Crippen LogP contribution in [-0.4, -0.2) is 66.1 Å². The lowest BCUT2D eigenvalue weighted by Crippen LogP contribution is -2.41. The topological polar surface area (TPSA) is 94.2 Å². The van der Waals surface area contributed by atoms with E-state index in [1.807, 2.05) is 30.8 Å². The predicted molar refractivity (Wildman–Crippen MR) is 114 cm³/mol. The second-order valence-electron chi connectivity index (χ2n) is 7.58. The van der Waals surface area contributed by atoms with Gasteiger partial charge in [0.05, 0.1) is 48.4 Å². The lowest BCUT2D eigenvalue weighted by Gasteiger charge is -2.26. The third kappa shape index (κ3) is 3.46. The zero-order valence-electron chi connectivity index (χ0n) is 17.6. The van der Waals surface area contributed by atoms with Gasteiger partial charge in [-0.25, -0.2) is 19.4 Å². The van der Waals surface area contributed by atoms with Crippen LogP contribution in [0.25, 0.3) is 16.7 Å². The van der Waals surface area contributed by atoms with Gasteiger partial charge in [0.1, 0.15) is 17.7 Å². The molecule has 1 saturated heterocycles. The van der Waals surface area contributed by atoms with Gasteiger partial charge in [-0.3, -0.25) is 9.63 Å². The van der Waals surface area contributed by atoms with Gasteiger partial charge < -0.3 is 9.47 Å². The molecule has 10 nitrogen and oxygen atoms in total. The number of aromatic nitrogens is 6. The molecular weight excluding hydrogens is 415 g/mol. The second kappa shape index (κ2) is 8.00. The highest BCUT2D eigenvalue weighted by atomic mass is 19.1. The summed E-state index contributed by atoms with van der Waals surface area (Å²) in [6.45, 7) is 2.90. The van der Waals surface area contributed by atoms with Crippen LogP contribution in [0.2, 0.25) is 0 Å². The summed E-state index contributed by atoms with van der Waals surface area (Å²) in [4.78, 5) is 31.2. The highest BCUT2D eigenvalue weighted by molar-refractivity contribution is 5.98. The molecule has 0 saturated carbocycles. The van der Waals surface area contributed by atoms with Gasteiger partial charge in [-0.15, -0.1) is 0 Å². The van der Waals surface area contributed by atoms with Crippen molar-refractivity contribution in [3.05, 3.63) is 60.6 Å². The largest absolute Gasteiger partial charge is 0.346 e. The summed E-state index contributed by atoms with van der Waals surface area (Å²) in [6.07, 6.45) is 6.41. The molecule has 4 aromatic rings. The van der Waals surface area contributed by atoms with Crippen molar-refractivity contribution in [3.8, 4) is 5.69 Å². The maximum Gasteiger partial charge on any atom is 0.256 e. The van der Waals surface area contributed by atoms with E-state index in [0.717, 1.165) is 11.0 Å². The SMILES string of the molecule is C[C@@H]1CON(c2ncnc3ccn(C)c23)CCN1C(=O)c1cc(F)ccc1-n1nccn1. The third-order valence-electron chi connectivity index (χ3n) is 5.51. The van der Waals surface area contributed by atoms with E-state index in [2.05, 4.69) is 20.2 Å². The molecule has 5 rings (SSSR count). The van der Waals surface area contributed by atoms with E-state index < -0.39 is 5.82 Å². The van der Waals surface area contributed by atoms with Crippen LogP contribution in [0.4, 0.5) is 10.2 Å². The minimum Gasteiger partial charge on any atom is -0.346 e. The van der Waals surface area contributed by atoms with Crippen LogP contribution in [0.3, 0.4) is 0 Å². The van der Waals surface area contributed by atoms with Crippen LogP contribution in [0, 0.1) is 5.82 Å². The number of benzene rings is 1. The smallest absolute Gasteiger partial charge is 0.256 e. The van der Waals surface area contributed by atoms with Gasteiger partial charge in [0, 0.05) is 19.8 Å². The van der Waals surface area contributed by atoms with Crippen molar-refractivity contribution in [2.75, 3.05) is 24.8 Å². The standard InChI is InChI=1S/C21H21FN8O2/c1-14-12-32-29(20-19-17(23-13-24-20)5-8-27(19)2)10-9-28(14)21(31)16-11-15(22)3-4-18(16)30-25-6-7-26-30/h3-8,11,13-14H,9-10,12H2,1-2H3/t14-/m1/s1. The Kier molecular flexibility index (Phi) is 5.02. The van der Waals surface area contributed by atoms with Gasteiger partial charge >= 0.3 is 0 Å². The molecule has 11 heteroatoms. The summed E-state index contributed by atoms with van der Waals surface area (Å²) < 4.78 is 16.0. The van der Waals surface area contributed by atoms with Crippen LogP contribution in [0.1, 0.15) is 17.3 Å². The van der Waals surface area contributed by atoms with E-state index in [-0.39, 0.29) is 24.1 Å². The molecule has 1 fully saturated rings. The Labute approximate surface area is 182 Å². The summed E-state index contributed by atoms with van der Waals surface area (Å²) in [5.41, 5.74) is 2.25. The van der Waals surface area contributed by atoms with Crippen molar-refractivity contribution < 1.29 is 14.0 Å². The van der Waals surface area contributed by atoms with E-state index in [9.17, 15) is 9.18 Å². The van der Waals surface area contributed by atoms with Crippen molar-refractivity contribution >= 4 is 22.8 Å². The van der Waals surface area contributed by atoms with E-state index in [4.69, 9.17) is 4.84 Å². The maximum atomic E-state index is 14.1. The Morgan fingerprint density at radius 1 is 1.16 bits per heavy atom. The van der Waals surface area contributed by atoms with Gasteiger partial charge in [-0.1, -0.05) is 0 Å². The average molecular weight is 436 g/mol. The number of hydroxylamine groups is 1. The first kappa shape index (κ1) is 20.1. The first-order valence-electron chi connectivity index (χ1n) is 10.2. The molecule has 0 radical (unpaired) electrons. The van der Waals surface area contributed by atoms with Crippen LogP contribution in [0.5, 0.6) is 0 Å². The zero-order valence-corrected chi connectivity index (χ0v) is 17.6. The summed E-state index contributed by atoms with van der Waals surface area (Å²) in [6, 6.07) is 5.66. The van der Waals surface area contributed by atoms with Gasteiger partial charge in [0.15, 0.2) is 5.82 Å². The highest BCUT2D eigenvalue weighted by Gasteiger charge is 2.30. The number of hydrogen-bond acceptors (Lipinski definition) is 7. The van der Waals surface area contributed by atoms with Gasteiger partial charge in [0.25, 0.3) is 5.91 Å². The monoisotopic (exact) mass is 436 g/mol. The molecule has 32 heavy (non-hydrogen) atoms. The van der Waals surface area contributed by atoms with Crippen molar-refractivity contribution in [2.24, 2.45) is 7.05 Å². The summed E-state index contributed by atoms with van der Waals surface area (Å²) in [7, 11) is 1.92. The van der Waals surface area contributed by atoms with Crippen molar-refractivity contribution in [1.82, 2.24) is 34.4 Å². The predicted octanol–water partition coefficient (Wildman–Crippen LogP) is 1.97. The number of aryl methyl sites for hydroxylation is 1. The number of anilines is 1. The van der Waals surface area contributed by atoms with Crippen LogP contribution >= 0.6 is 0 Å². The number of nitrogens with zero attached hydrogens (tertiary/aromatic N) is 8. The Morgan fingerprint density at radius 2 is 1.97 bits per heavy atom. The number of rotatable bonds is 3. The molecule has 0 bridgehead atoms. The fourth-order valence-electron chi connectivity index (χ4n) is 3.87. The van der Waals surface area contributed by atoms with E-state index in [0.29, 0.717) is 24.6 Å². The maximum absolute atomic E-state index is 14.1. The molecule has 1 aliphatic heterocycles. The van der Waals surface area contributed by atoms with E-state index in [1.165, 1.54) is 41.7 Å². The molecule has 3 aromatic heterocycles. The molecule has 1 aromatic carbocycles. The number of halogens is 1. The first-order chi connectivity index (χ1) is 15.5. The number of amides is 1. The third-order valence-corrected chi connectivity index (χ3v) is 5.51. The minimum atomic E-state index is -0.503. The van der Waals surface area contributed by atoms with Crippen molar-refractivity contribution in [1.29, 1.82) is 0 Å². The van der Waals surface area contributed by atoms with Crippen molar-refractivity contribution in [3.63, 3.8) is 0 Å². The Morgan fingerprint density at radius 3 is 2.78 bits per heavy atom. The Hall–Kier alpha value is -3.86. The van der Waals surface area contributed by atoms with Gasteiger partial charge in [-0.2, -0.15) is 15.0 Å². The average Bonchev–Trinajstić information content (AvgIpc) is 3.41. The minimum absolute atomic E-state index is 0.188. The lowest BCUT2D eigenvalue weighted by atomic mass is 10.1. The number of carbonyl (C=O) groups is 1. The fraction of sp³-hybridized carbons (Fsp3) is 0.286. The van der Waals surface area contributed by atoms with E-state index in [1.54, 1.807) is 9.96 Å². The molecule has 0 N–H and O–H groups in total. The lowest BCUT2D eigenvalue weighted by molar-refractivity contribution is 0.0600. The summed E-state index contributed by atoms with van der Waals surface area (Å²) in [5.74, 6) is -0.186. The van der Waals surface area contributed by atoms with Gasteiger partial charge in [-0.05, 0) is 31.2 Å². The van der Waals surface area contributed by atoms with Gasteiger partial charge in [0.2, 0.25) is 0 Å². The fourth-order valence-corrected chi connectivity index (χ4v) is 3.87. The molecule has 1 aliphatic rings. The molecule has 0 spiro atoms. The number of hydrogen-bond donors (Lipinski definition) is 0. The summed E-state index contributed by atoms with van der Waals surface area (Å²) >= 11 is 0. The zero-order chi connectivity index (χ0) is 22.2. The molecular formula is C21H21FN8O2. The van der Waals surface area contributed by atoms with Crippen molar-refractivity contribution in [2.45, 2.75) is 13.0 Å². The Balaban J connectivity index is 1.45. The molecule has 0 aliphatic carbocycles. The van der Waals surface area contributed by atoms with Crippen LogP contribution in [-0.2, 0) is 11.9 Å².